The predicted octanol–water partition coefficient (Wildman–Crippen LogP) is 13.4. The molecule has 0 radical (unpaired) electrons. The van der Waals surface area contributed by atoms with Crippen molar-refractivity contribution in [2.24, 2.45) is 0 Å². The van der Waals surface area contributed by atoms with Gasteiger partial charge in [0.05, 0.1) is 11.0 Å². The Morgan fingerprint density at radius 1 is 0.426 bits per heavy atom. The lowest BCUT2D eigenvalue weighted by Crippen LogP contribution is -2.00. The van der Waals surface area contributed by atoms with Gasteiger partial charge in [-0.15, -0.1) is 0 Å². The van der Waals surface area contributed by atoms with Gasteiger partial charge in [0, 0.05) is 43.9 Å². The minimum Gasteiger partial charge on any atom is -0.454 e. The molecule has 0 fully saturated rings. The lowest BCUT2D eigenvalue weighted by molar-refractivity contribution is 0.671. The van der Waals surface area contributed by atoms with Gasteiger partial charge in [-0.25, -0.2) is 9.97 Å². The third-order valence-corrected chi connectivity index (χ3v) is 11.2. The molecule has 0 atom stereocenters. The van der Waals surface area contributed by atoms with Crippen molar-refractivity contribution in [3.8, 4) is 28.1 Å². The van der Waals surface area contributed by atoms with Crippen molar-refractivity contribution >= 4 is 87.1 Å². The Hall–Kier alpha value is -7.30. The number of rotatable bonds is 3. The van der Waals surface area contributed by atoms with Crippen LogP contribution in [0.25, 0.3) is 115 Å². The second kappa shape index (κ2) is 11.1. The van der Waals surface area contributed by atoms with Gasteiger partial charge in [-0.2, -0.15) is 0 Å². The van der Waals surface area contributed by atoms with Crippen molar-refractivity contribution < 1.29 is 4.42 Å². The maximum absolute atomic E-state index is 7.03. The molecule has 0 saturated heterocycles. The topological polar surface area (TPSA) is 43.9 Å². The summed E-state index contributed by atoms with van der Waals surface area (Å²) in [5, 5.41) is 12.9. The molecule has 4 aromatic heterocycles. The minimum absolute atomic E-state index is 0.694. The van der Waals surface area contributed by atoms with E-state index in [2.05, 4.69) is 168 Å². The number of aromatic nitrogens is 3. The van der Waals surface area contributed by atoms with Crippen molar-refractivity contribution in [1.82, 2.24) is 14.5 Å². The van der Waals surface area contributed by atoms with Crippen LogP contribution in [0.5, 0.6) is 0 Å². The van der Waals surface area contributed by atoms with E-state index in [1.54, 1.807) is 0 Å². The van der Waals surface area contributed by atoms with Crippen LogP contribution in [0.4, 0.5) is 0 Å². The molecule has 0 unspecified atom stereocenters. The molecule has 0 N–H and O–H groups in total. The summed E-state index contributed by atoms with van der Waals surface area (Å²) in [6.45, 7) is 0. The van der Waals surface area contributed by atoms with Crippen LogP contribution in [0.1, 0.15) is 0 Å². The fourth-order valence-corrected chi connectivity index (χ4v) is 8.96. The van der Waals surface area contributed by atoms with E-state index in [0.717, 1.165) is 71.6 Å². The standard InChI is InChI=1S/C50H29N3O/c1-2-14-30(15-3-1)31-16-12-17-32(28-31)40-29-43(52-50-37(40)24-13-27-51-50)53-41-25-10-8-22-38(41)46-44-35-20-6-4-18-33(35)34-19-5-7-21-36(34)45(44)47-39-23-9-11-26-42(39)54-49(47)48(46)53/h1-29H. The van der Waals surface area contributed by atoms with E-state index >= 15 is 0 Å². The first-order chi connectivity index (χ1) is 26.8. The number of benzene rings is 8. The maximum atomic E-state index is 7.03. The molecule has 8 aromatic carbocycles. The first-order valence-corrected chi connectivity index (χ1v) is 18.3. The molecule has 54 heavy (non-hydrogen) atoms. The number of para-hydroxylation sites is 2. The van der Waals surface area contributed by atoms with Crippen LogP contribution >= 0.6 is 0 Å². The van der Waals surface area contributed by atoms with Crippen molar-refractivity contribution in [2.45, 2.75) is 0 Å². The molecular weight excluding hydrogens is 659 g/mol. The Kier molecular flexibility index (Phi) is 6.02. The molecule has 0 aliphatic carbocycles. The molecule has 0 amide bonds. The largest absolute Gasteiger partial charge is 0.454 e. The molecule has 4 heterocycles. The highest BCUT2D eigenvalue weighted by Gasteiger charge is 2.26. The second-order valence-corrected chi connectivity index (χ2v) is 14.1. The van der Waals surface area contributed by atoms with Gasteiger partial charge in [0.25, 0.3) is 0 Å². The Balaban J connectivity index is 1.30. The Morgan fingerprint density at radius 3 is 1.83 bits per heavy atom. The second-order valence-electron chi connectivity index (χ2n) is 14.1. The van der Waals surface area contributed by atoms with E-state index < -0.39 is 0 Å². The summed E-state index contributed by atoms with van der Waals surface area (Å²) in [4.78, 5) is 10.2. The van der Waals surface area contributed by atoms with Gasteiger partial charge in [0.2, 0.25) is 0 Å². The van der Waals surface area contributed by atoms with Crippen LogP contribution in [0, 0.1) is 0 Å². The van der Waals surface area contributed by atoms with Crippen molar-refractivity contribution in [2.75, 3.05) is 0 Å². The van der Waals surface area contributed by atoms with E-state index in [4.69, 9.17) is 14.4 Å². The van der Waals surface area contributed by atoms with E-state index in [1.807, 2.05) is 12.3 Å². The highest BCUT2D eigenvalue weighted by atomic mass is 16.3. The normalized spacial score (nSPS) is 12.1. The fourth-order valence-electron chi connectivity index (χ4n) is 8.96. The van der Waals surface area contributed by atoms with Crippen molar-refractivity contribution in [3.63, 3.8) is 0 Å². The molecule has 0 saturated carbocycles. The van der Waals surface area contributed by atoms with Gasteiger partial charge in [-0.05, 0) is 80.2 Å². The van der Waals surface area contributed by atoms with Crippen LogP contribution < -0.4 is 0 Å². The van der Waals surface area contributed by atoms with Crippen molar-refractivity contribution in [1.29, 1.82) is 0 Å². The van der Waals surface area contributed by atoms with Gasteiger partial charge in [0.1, 0.15) is 11.4 Å². The summed E-state index contributed by atoms with van der Waals surface area (Å²) in [5.41, 5.74) is 8.99. The molecule has 250 valence electrons. The summed E-state index contributed by atoms with van der Waals surface area (Å²) in [7, 11) is 0. The monoisotopic (exact) mass is 687 g/mol. The average molecular weight is 688 g/mol. The number of nitrogens with zero attached hydrogens (tertiary/aromatic N) is 3. The van der Waals surface area contributed by atoms with Gasteiger partial charge < -0.3 is 4.42 Å². The van der Waals surface area contributed by atoms with E-state index in [9.17, 15) is 0 Å². The quantitative estimate of drug-likeness (QED) is 0.174. The highest BCUT2D eigenvalue weighted by molar-refractivity contribution is 6.44. The summed E-state index contributed by atoms with van der Waals surface area (Å²) < 4.78 is 9.35. The first kappa shape index (κ1) is 29.3. The molecule has 0 bridgehead atoms. The van der Waals surface area contributed by atoms with Crippen molar-refractivity contribution in [3.05, 3.63) is 176 Å². The molecule has 0 spiro atoms. The maximum Gasteiger partial charge on any atom is 0.162 e. The molecule has 12 aromatic rings. The van der Waals surface area contributed by atoms with E-state index in [0.29, 0.717) is 5.65 Å². The lowest BCUT2D eigenvalue weighted by Gasteiger charge is -2.15. The molecule has 0 aliphatic heterocycles. The Morgan fingerprint density at radius 2 is 1.04 bits per heavy atom. The zero-order chi connectivity index (χ0) is 35.3. The van der Waals surface area contributed by atoms with E-state index in [1.165, 1.54) is 37.9 Å². The van der Waals surface area contributed by atoms with Gasteiger partial charge in [0.15, 0.2) is 11.2 Å². The fraction of sp³-hybridized carbons (Fsp3) is 0. The molecular formula is C50H29N3O. The zero-order valence-electron chi connectivity index (χ0n) is 29.0. The lowest BCUT2D eigenvalue weighted by atomic mass is 9.89. The summed E-state index contributed by atoms with van der Waals surface area (Å²) in [6.07, 6.45) is 1.83. The van der Waals surface area contributed by atoms with Gasteiger partial charge in [-0.1, -0.05) is 133 Å². The number of hydrogen-bond acceptors (Lipinski definition) is 3. The van der Waals surface area contributed by atoms with Gasteiger partial charge in [-0.3, -0.25) is 4.57 Å². The smallest absolute Gasteiger partial charge is 0.162 e. The Bertz CT molecular complexity index is 3500. The van der Waals surface area contributed by atoms with E-state index in [-0.39, 0.29) is 0 Å². The van der Waals surface area contributed by atoms with Crippen LogP contribution in [-0.4, -0.2) is 14.5 Å². The minimum atomic E-state index is 0.694. The molecule has 4 heteroatoms. The van der Waals surface area contributed by atoms with Crippen LogP contribution in [-0.2, 0) is 0 Å². The number of pyridine rings is 2. The molecule has 0 aliphatic rings. The third-order valence-electron chi connectivity index (χ3n) is 11.2. The summed E-state index contributed by atoms with van der Waals surface area (Å²) in [5.74, 6) is 0.790. The summed E-state index contributed by atoms with van der Waals surface area (Å²) in [6, 6.07) is 60.5. The first-order valence-electron chi connectivity index (χ1n) is 18.3. The van der Waals surface area contributed by atoms with Crippen LogP contribution in [0.15, 0.2) is 180 Å². The number of fused-ring (bicyclic) bond motifs is 16. The molecule has 12 rings (SSSR count). The highest BCUT2D eigenvalue weighted by Crippen LogP contribution is 2.50. The number of hydrogen-bond donors (Lipinski definition) is 0. The number of furan rings is 1. The SMILES string of the molecule is c1ccc(-c2cccc(-c3cc(-n4c5ccccc5c5c6c7ccccc7c7ccccc7c6c6c7ccccc7oc6c54)nc4ncccc34)c2)cc1. The van der Waals surface area contributed by atoms with Gasteiger partial charge >= 0.3 is 0 Å². The Labute approximate surface area is 309 Å². The summed E-state index contributed by atoms with van der Waals surface area (Å²) >= 11 is 0. The third kappa shape index (κ3) is 4.02. The molecule has 4 nitrogen and oxygen atoms in total. The predicted molar refractivity (Wildman–Crippen MR) is 225 cm³/mol. The zero-order valence-corrected chi connectivity index (χ0v) is 29.0. The van der Waals surface area contributed by atoms with Crippen LogP contribution in [0.2, 0.25) is 0 Å². The average Bonchev–Trinajstić information content (AvgIpc) is 3.80. The van der Waals surface area contributed by atoms with Crippen LogP contribution in [0.3, 0.4) is 0 Å².